The number of unbranched alkanes of at least 4 members (excludes halogenated alkanes) is 2. The number of piperidine rings is 2. The zero-order valence-corrected chi connectivity index (χ0v) is 58.8. The van der Waals surface area contributed by atoms with E-state index >= 15 is 0 Å². The van der Waals surface area contributed by atoms with Gasteiger partial charge < -0.3 is 29.9 Å². The molecule has 7 bridgehead atoms. The number of amidine groups is 2. The van der Waals surface area contributed by atoms with Crippen molar-refractivity contribution >= 4 is 78.5 Å². The number of sulfonamides is 2. The van der Waals surface area contributed by atoms with E-state index in [2.05, 4.69) is 33.8 Å². The molecule has 2 spiro atoms. The van der Waals surface area contributed by atoms with Crippen LogP contribution in [-0.4, -0.2) is 171 Å². The van der Waals surface area contributed by atoms with Crippen molar-refractivity contribution < 1.29 is 71.8 Å². The van der Waals surface area contributed by atoms with E-state index in [4.69, 9.17) is 32.7 Å². The lowest BCUT2D eigenvalue weighted by molar-refractivity contribution is -0.138. The molecule has 4 amide bonds. The van der Waals surface area contributed by atoms with Crippen molar-refractivity contribution in [2.75, 3.05) is 89.8 Å². The number of hydrogen-bond donors (Lipinski definition) is 2. The Morgan fingerprint density at radius 1 is 0.745 bits per heavy atom. The van der Waals surface area contributed by atoms with Gasteiger partial charge in [-0.15, -0.1) is 36.4 Å². The molecule has 7 aliphatic rings. The summed E-state index contributed by atoms with van der Waals surface area (Å²) in [5, 5.41) is 5.26. The molecule has 0 unspecified atom stereocenters. The van der Waals surface area contributed by atoms with Crippen LogP contribution in [0.5, 0.6) is 11.5 Å². The van der Waals surface area contributed by atoms with Gasteiger partial charge in [0.2, 0.25) is 20.0 Å². The Hall–Kier alpha value is -7.10. The van der Waals surface area contributed by atoms with E-state index < -0.39 is 66.4 Å². The molecule has 534 valence electrons. The van der Waals surface area contributed by atoms with Gasteiger partial charge in [0.25, 0.3) is 23.6 Å². The summed E-state index contributed by atoms with van der Waals surface area (Å²) in [5.41, 5.74) is 0.106. The number of benzene rings is 4. The van der Waals surface area contributed by atoms with Crippen LogP contribution in [-0.2, 0) is 54.8 Å². The van der Waals surface area contributed by atoms with Crippen LogP contribution < -0.4 is 20.1 Å². The van der Waals surface area contributed by atoms with Gasteiger partial charge in [-0.3, -0.25) is 29.2 Å². The Morgan fingerprint density at radius 3 is 1.94 bits per heavy atom. The number of fused-ring (bicyclic) bond motifs is 2. The second-order valence-electron chi connectivity index (χ2n) is 24.7. The monoisotopic (exact) mass is 1450 g/mol. The fourth-order valence-corrected chi connectivity index (χ4v) is 14.8. The van der Waals surface area contributed by atoms with E-state index in [9.17, 15) is 62.4 Å². The van der Waals surface area contributed by atoms with Crippen molar-refractivity contribution in [1.29, 1.82) is 0 Å². The first-order valence-corrected chi connectivity index (χ1v) is 36.8. The number of rotatable bonds is 16. The number of carbonyl (C=O) groups is 4. The smallest absolute Gasteiger partial charge is 0.416 e. The van der Waals surface area contributed by atoms with E-state index in [1.807, 2.05) is 32.1 Å². The minimum absolute atomic E-state index is 0.00558. The van der Waals surface area contributed by atoms with Gasteiger partial charge in [-0.2, -0.15) is 26.3 Å². The average molecular weight is 1450 g/mol. The molecule has 2 fully saturated rings. The number of hydrogen-bond acceptors (Lipinski definition) is 12. The number of carbonyl (C=O) groups excluding carboxylic acids is 4. The first-order chi connectivity index (χ1) is 46.4. The third-order valence-corrected chi connectivity index (χ3v) is 22.0. The molecular formula is C70H86Cl2F6N8O10S2. The van der Waals surface area contributed by atoms with E-state index in [0.717, 1.165) is 85.0 Å². The van der Waals surface area contributed by atoms with Crippen molar-refractivity contribution in [3.63, 3.8) is 0 Å². The third kappa shape index (κ3) is 21.0. The molecule has 2 saturated heterocycles. The number of allylic oxidation sites excluding steroid dienone is 2. The molecule has 7 aliphatic heterocycles. The lowest BCUT2D eigenvalue weighted by atomic mass is 9.89. The number of ether oxygens (including phenoxy) is 2. The molecule has 0 saturated carbocycles. The predicted octanol–water partition coefficient (Wildman–Crippen LogP) is 12.0. The van der Waals surface area contributed by atoms with Gasteiger partial charge in [-0.1, -0.05) is 36.4 Å². The van der Waals surface area contributed by atoms with E-state index in [0.29, 0.717) is 48.8 Å². The van der Waals surface area contributed by atoms with E-state index in [-0.39, 0.29) is 136 Å². The van der Waals surface area contributed by atoms with Crippen molar-refractivity contribution in [2.24, 2.45) is 9.98 Å². The number of amides is 4. The fraction of sp³-hybridized carbons (Fsp3) is 0.486. The summed E-state index contributed by atoms with van der Waals surface area (Å²) in [4.78, 5) is 64.6. The third-order valence-electron chi connectivity index (χ3n) is 17.6. The molecule has 7 heterocycles. The van der Waals surface area contributed by atoms with Crippen molar-refractivity contribution in [3.05, 3.63) is 166 Å². The molecule has 0 atom stereocenters. The molecule has 98 heavy (non-hydrogen) atoms. The van der Waals surface area contributed by atoms with Crippen LogP contribution in [0.3, 0.4) is 0 Å². The summed E-state index contributed by atoms with van der Waals surface area (Å²) in [6, 6.07) is 17.1. The second kappa shape index (κ2) is 34.8. The van der Waals surface area contributed by atoms with Crippen LogP contribution in [0.15, 0.2) is 120 Å². The van der Waals surface area contributed by atoms with Gasteiger partial charge >= 0.3 is 12.4 Å². The highest BCUT2D eigenvalue weighted by Crippen LogP contribution is 2.39. The fourth-order valence-electron chi connectivity index (χ4n) is 11.8. The van der Waals surface area contributed by atoms with Crippen LogP contribution in [0.1, 0.15) is 142 Å². The lowest BCUT2D eigenvalue weighted by Crippen LogP contribution is -2.50. The molecule has 28 heteroatoms. The van der Waals surface area contributed by atoms with Crippen LogP contribution >= 0.6 is 23.2 Å². The van der Waals surface area contributed by atoms with Gasteiger partial charge in [-0.05, 0) is 187 Å². The van der Waals surface area contributed by atoms with E-state index in [1.54, 1.807) is 66.4 Å². The molecule has 4 aromatic carbocycles. The normalized spacial score (nSPS) is 19.9. The molecule has 2 N–H and O–H groups in total. The highest BCUT2D eigenvalue weighted by molar-refractivity contribution is 7.89. The van der Waals surface area contributed by atoms with Crippen LogP contribution in [0.2, 0.25) is 0 Å². The van der Waals surface area contributed by atoms with Crippen molar-refractivity contribution in [1.82, 2.24) is 29.0 Å². The zero-order chi connectivity index (χ0) is 71.6. The van der Waals surface area contributed by atoms with Gasteiger partial charge in [0.15, 0.2) is 0 Å². The maximum absolute atomic E-state index is 13.8. The van der Waals surface area contributed by atoms with Crippen molar-refractivity contribution in [3.8, 4) is 11.5 Å². The minimum Gasteiger partial charge on any atom is -0.493 e. The number of nitrogens with one attached hydrogen (secondary N) is 2. The average Bonchev–Trinajstić information content (AvgIpc) is 1.61. The SMILES string of the molecule is C=CCCCCN(C)C(=O)c1ccc(CCS(=O)(=O)N2CCC3(CC2)N=C(c2cc(OCCC=C)cc(C(F)(F)F)c2)NC3=O)c(C)c1.Cc1cc2ccc1CCS(=O)(=O)N1CCC3(CC1)N=C(NC3=O)c1cc(cc(C(F)(F)F)c1)OCCC=CCCCCN(C)C2=O.ClCCCl. The Balaban J connectivity index is 0.000000262. The number of halogens is 8. The topological polar surface area (TPSA) is 217 Å². The van der Waals surface area contributed by atoms with Gasteiger partial charge in [0.05, 0.1) is 35.8 Å². The Bertz CT molecular complexity index is 3850. The Morgan fingerprint density at radius 2 is 1.35 bits per heavy atom. The number of alkyl halides is 8. The molecule has 11 rings (SSSR count). The quantitative estimate of drug-likeness (QED) is 0.0468. The summed E-state index contributed by atoms with van der Waals surface area (Å²) in [6.45, 7) is 12.7. The standard InChI is InChI=1S/C35H43F3N4O5S.C33H39F3N4O5S.C2H4Cl2/c1-5-7-9-10-16-41(4)32(43)27-12-11-26(25(3)21-27)13-20-48(45,46)42-17-14-34(15-18-42)33(44)39-31(40-34)28-22-29(35(36,37)38)24-30(23-28)47-19-8-6-2;1-23-19-25-10-9-24(23)11-18-46(43,44)40-15-12-32(13-16-40)31(42)37-29(38-32)26-20-27(33(34,35)36)22-28(21-26)45-17-8-6-4-3-5-7-14-39(2)30(25)41;3-1-2-4/h5-6,11-12,21-24H,1-2,7-10,13-20H2,3-4H3,(H,39,40,44);4,6,9-10,19-22H,3,5,7-8,11-18H2,1-2H3,(H,37,38,42);1-2H2. The summed E-state index contributed by atoms with van der Waals surface area (Å²) < 4.78 is 149. The Labute approximate surface area is 580 Å². The highest BCUT2D eigenvalue weighted by atomic mass is 35.5. The lowest BCUT2D eigenvalue weighted by Gasteiger charge is -2.34. The number of aryl methyl sites for hydroxylation is 4. The maximum Gasteiger partial charge on any atom is 0.416 e. The largest absolute Gasteiger partial charge is 0.493 e. The zero-order valence-electron chi connectivity index (χ0n) is 55.6. The van der Waals surface area contributed by atoms with E-state index in [1.165, 1.54) is 20.7 Å². The summed E-state index contributed by atoms with van der Waals surface area (Å²) in [5.74, 6) is -0.326. The molecule has 18 nitrogen and oxygen atoms in total. The number of nitrogens with zero attached hydrogens (tertiary/aromatic N) is 6. The minimum atomic E-state index is -4.65. The predicted molar refractivity (Wildman–Crippen MR) is 369 cm³/mol. The van der Waals surface area contributed by atoms with Gasteiger partial charge in [-0.25, -0.2) is 25.4 Å². The first kappa shape index (κ1) is 78.2. The van der Waals surface area contributed by atoms with Crippen LogP contribution in [0.25, 0.3) is 0 Å². The first-order valence-electron chi connectivity index (χ1n) is 32.6. The van der Waals surface area contributed by atoms with Gasteiger partial charge in [0, 0.05) is 87.4 Å². The van der Waals surface area contributed by atoms with Crippen molar-refractivity contribution in [2.45, 2.75) is 127 Å². The summed E-state index contributed by atoms with van der Waals surface area (Å²) in [7, 11) is -3.86. The molecule has 0 aliphatic carbocycles. The Kier molecular flexibility index (Phi) is 27.8. The molecular weight excluding hydrogens is 1360 g/mol. The number of aliphatic imine (C=N–C) groups is 2. The highest BCUT2D eigenvalue weighted by Gasteiger charge is 2.49. The van der Waals surface area contributed by atoms with Crippen LogP contribution in [0, 0.1) is 13.8 Å². The summed E-state index contributed by atoms with van der Waals surface area (Å²) >= 11 is 10.1. The molecule has 0 radical (unpaired) electrons. The maximum atomic E-state index is 13.8. The second-order valence-corrected chi connectivity index (χ2v) is 29.7. The van der Waals surface area contributed by atoms with Crippen LogP contribution in [0.4, 0.5) is 26.3 Å². The molecule has 4 aromatic rings. The molecule has 0 aromatic heterocycles. The van der Waals surface area contributed by atoms with Gasteiger partial charge in [0.1, 0.15) is 34.2 Å². The summed E-state index contributed by atoms with van der Waals surface area (Å²) in [6.07, 6.45) is 5.01.